The van der Waals surface area contributed by atoms with E-state index in [2.05, 4.69) is 10.5 Å². The molecule has 2 aromatic rings. The number of rotatable bonds is 7. The molecule has 2 rings (SSSR count). The van der Waals surface area contributed by atoms with Crippen molar-refractivity contribution in [2.75, 3.05) is 21.3 Å². The van der Waals surface area contributed by atoms with Crippen molar-refractivity contribution >= 4 is 12.1 Å². The predicted octanol–water partition coefficient (Wildman–Crippen LogP) is 2.54. The summed E-state index contributed by atoms with van der Waals surface area (Å²) in [4.78, 5) is 12.2. The highest BCUT2D eigenvalue weighted by atomic mass is 16.5. The fourth-order valence-corrected chi connectivity index (χ4v) is 2.26. The SMILES string of the molecule is COc1cccc(C=NNC(=O)C(OC)c2ccccc2)c1OC. The van der Waals surface area contributed by atoms with Crippen LogP contribution in [0.4, 0.5) is 0 Å². The van der Waals surface area contributed by atoms with E-state index >= 15 is 0 Å². The number of hydrazone groups is 1. The van der Waals surface area contributed by atoms with Crippen molar-refractivity contribution in [1.29, 1.82) is 0 Å². The Morgan fingerprint density at radius 2 is 1.79 bits per heavy atom. The molecule has 0 saturated carbocycles. The van der Waals surface area contributed by atoms with Gasteiger partial charge in [-0.15, -0.1) is 0 Å². The standard InChI is InChI=1S/C18H20N2O4/c1-22-15-11-7-10-14(16(15)23-2)12-19-20-18(21)17(24-3)13-8-5-4-6-9-13/h4-12,17H,1-3H3,(H,20,21). The lowest BCUT2D eigenvalue weighted by atomic mass is 10.1. The van der Waals surface area contributed by atoms with Gasteiger partial charge in [0.25, 0.3) is 5.91 Å². The number of hydrogen-bond acceptors (Lipinski definition) is 5. The van der Waals surface area contributed by atoms with Crippen LogP contribution < -0.4 is 14.9 Å². The second kappa shape index (κ2) is 8.69. The summed E-state index contributed by atoms with van der Waals surface area (Å²) in [6.45, 7) is 0. The van der Waals surface area contributed by atoms with Crippen LogP contribution in [0.2, 0.25) is 0 Å². The first-order valence-electron chi connectivity index (χ1n) is 7.33. The van der Waals surface area contributed by atoms with Crippen molar-refractivity contribution in [2.45, 2.75) is 6.10 Å². The summed E-state index contributed by atoms with van der Waals surface area (Å²) in [5.41, 5.74) is 3.92. The highest BCUT2D eigenvalue weighted by Crippen LogP contribution is 2.29. The van der Waals surface area contributed by atoms with E-state index in [0.29, 0.717) is 17.1 Å². The van der Waals surface area contributed by atoms with Gasteiger partial charge in [0.05, 0.1) is 20.4 Å². The molecule has 24 heavy (non-hydrogen) atoms. The number of nitrogens with zero attached hydrogens (tertiary/aromatic N) is 1. The molecule has 126 valence electrons. The molecule has 2 aromatic carbocycles. The summed E-state index contributed by atoms with van der Waals surface area (Å²) in [6, 6.07) is 14.6. The highest BCUT2D eigenvalue weighted by Gasteiger charge is 2.19. The number of methoxy groups -OCH3 is 3. The van der Waals surface area contributed by atoms with Gasteiger partial charge in [-0.05, 0) is 17.7 Å². The lowest BCUT2D eigenvalue weighted by Gasteiger charge is -2.13. The predicted molar refractivity (Wildman–Crippen MR) is 91.5 cm³/mol. The first kappa shape index (κ1) is 17.5. The van der Waals surface area contributed by atoms with E-state index in [4.69, 9.17) is 14.2 Å². The largest absolute Gasteiger partial charge is 0.493 e. The number of hydrogen-bond donors (Lipinski definition) is 1. The first-order valence-corrected chi connectivity index (χ1v) is 7.33. The number of para-hydroxylation sites is 1. The van der Waals surface area contributed by atoms with Crippen molar-refractivity contribution in [2.24, 2.45) is 5.10 Å². The summed E-state index contributed by atoms with van der Waals surface area (Å²) in [5, 5.41) is 3.98. The average molecular weight is 328 g/mol. The van der Waals surface area contributed by atoms with E-state index in [1.807, 2.05) is 42.5 Å². The molecule has 1 amide bonds. The van der Waals surface area contributed by atoms with Gasteiger partial charge in [-0.1, -0.05) is 36.4 Å². The minimum atomic E-state index is -0.726. The van der Waals surface area contributed by atoms with Crippen molar-refractivity contribution in [3.05, 3.63) is 59.7 Å². The molecule has 0 spiro atoms. The van der Waals surface area contributed by atoms with Gasteiger partial charge in [-0.2, -0.15) is 5.10 Å². The topological polar surface area (TPSA) is 69.2 Å². The Hall–Kier alpha value is -2.86. The summed E-state index contributed by atoms with van der Waals surface area (Å²) in [5.74, 6) is 0.776. The van der Waals surface area contributed by atoms with Crippen molar-refractivity contribution < 1.29 is 19.0 Å². The van der Waals surface area contributed by atoms with Crippen LogP contribution in [0.1, 0.15) is 17.2 Å². The maximum atomic E-state index is 12.2. The fraction of sp³-hybridized carbons (Fsp3) is 0.222. The van der Waals surface area contributed by atoms with E-state index in [1.165, 1.54) is 13.3 Å². The maximum Gasteiger partial charge on any atom is 0.273 e. The van der Waals surface area contributed by atoms with Crippen LogP contribution in [0.5, 0.6) is 11.5 Å². The van der Waals surface area contributed by atoms with Crippen LogP contribution in [-0.2, 0) is 9.53 Å². The Labute approximate surface area is 141 Å². The molecule has 1 N–H and O–H groups in total. The molecule has 0 aliphatic heterocycles. The second-order valence-corrected chi connectivity index (χ2v) is 4.84. The molecule has 0 saturated heterocycles. The molecule has 0 aliphatic rings. The molecule has 6 heteroatoms. The molecule has 0 aromatic heterocycles. The minimum Gasteiger partial charge on any atom is -0.493 e. The van der Waals surface area contributed by atoms with Crippen LogP contribution in [0.3, 0.4) is 0 Å². The molecule has 0 radical (unpaired) electrons. The summed E-state index contributed by atoms with van der Waals surface area (Å²) >= 11 is 0. The molecule has 0 bridgehead atoms. The zero-order valence-corrected chi connectivity index (χ0v) is 13.9. The van der Waals surface area contributed by atoms with E-state index in [0.717, 1.165) is 5.56 Å². The molecular weight excluding hydrogens is 308 g/mol. The van der Waals surface area contributed by atoms with E-state index < -0.39 is 6.10 Å². The van der Waals surface area contributed by atoms with Crippen molar-refractivity contribution in [3.63, 3.8) is 0 Å². The lowest BCUT2D eigenvalue weighted by molar-refractivity contribution is -0.131. The third kappa shape index (κ3) is 4.11. The van der Waals surface area contributed by atoms with E-state index in [1.54, 1.807) is 20.3 Å². The fourth-order valence-electron chi connectivity index (χ4n) is 2.26. The Kier molecular flexibility index (Phi) is 6.33. The zero-order valence-electron chi connectivity index (χ0n) is 13.9. The van der Waals surface area contributed by atoms with Gasteiger partial charge in [-0.3, -0.25) is 4.79 Å². The number of benzene rings is 2. The zero-order chi connectivity index (χ0) is 17.4. The van der Waals surface area contributed by atoms with Gasteiger partial charge in [0.15, 0.2) is 17.6 Å². The van der Waals surface area contributed by atoms with Gasteiger partial charge in [0.2, 0.25) is 0 Å². The number of carbonyl (C=O) groups excluding carboxylic acids is 1. The van der Waals surface area contributed by atoms with Gasteiger partial charge in [0.1, 0.15) is 0 Å². The number of carbonyl (C=O) groups is 1. The first-order chi connectivity index (χ1) is 11.7. The number of ether oxygens (including phenoxy) is 3. The molecule has 1 atom stereocenters. The van der Waals surface area contributed by atoms with Gasteiger partial charge >= 0.3 is 0 Å². The molecule has 0 heterocycles. The van der Waals surface area contributed by atoms with E-state index in [9.17, 15) is 4.79 Å². The highest BCUT2D eigenvalue weighted by molar-refractivity contribution is 5.87. The average Bonchev–Trinajstić information content (AvgIpc) is 2.63. The Bertz CT molecular complexity index is 701. The van der Waals surface area contributed by atoms with Crippen LogP contribution in [-0.4, -0.2) is 33.5 Å². The molecule has 0 fully saturated rings. The Morgan fingerprint density at radius 3 is 2.42 bits per heavy atom. The summed E-state index contributed by atoms with van der Waals surface area (Å²) in [6.07, 6.45) is 0.771. The van der Waals surface area contributed by atoms with Crippen LogP contribution >= 0.6 is 0 Å². The van der Waals surface area contributed by atoms with Crippen molar-refractivity contribution in [3.8, 4) is 11.5 Å². The van der Waals surface area contributed by atoms with Crippen LogP contribution in [0.15, 0.2) is 53.6 Å². The third-order valence-electron chi connectivity index (χ3n) is 3.39. The molecule has 0 aliphatic carbocycles. The monoisotopic (exact) mass is 328 g/mol. The smallest absolute Gasteiger partial charge is 0.273 e. The van der Waals surface area contributed by atoms with Gasteiger partial charge < -0.3 is 14.2 Å². The van der Waals surface area contributed by atoms with Crippen molar-refractivity contribution in [1.82, 2.24) is 5.43 Å². The van der Waals surface area contributed by atoms with E-state index in [-0.39, 0.29) is 5.91 Å². The Balaban J connectivity index is 2.10. The quantitative estimate of drug-likeness (QED) is 0.626. The summed E-state index contributed by atoms with van der Waals surface area (Å²) < 4.78 is 15.8. The molecule has 6 nitrogen and oxygen atoms in total. The second-order valence-electron chi connectivity index (χ2n) is 4.84. The lowest BCUT2D eigenvalue weighted by Crippen LogP contribution is -2.26. The molecular formula is C18H20N2O4. The maximum absolute atomic E-state index is 12.2. The minimum absolute atomic E-state index is 0.359. The van der Waals surface area contributed by atoms with Gasteiger partial charge in [0, 0.05) is 12.7 Å². The van der Waals surface area contributed by atoms with Gasteiger partial charge in [-0.25, -0.2) is 5.43 Å². The summed E-state index contributed by atoms with van der Waals surface area (Å²) in [7, 11) is 4.58. The van der Waals surface area contributed by atoms with Crippen LogP contribution in [0, 0.1) is 0 Å². The number of amides is 1. The Morgan fingerprint density at radius 1 is 1.04 bits per heavy atom. The number of nitrogens with one attached hydrogen (secondary N) is 1. The van der Waals surface area contributed by atoms with Crippen LogP contribution in [0.25, 0.3) is 0 Å². The normalized spacial score (nSPS) is 12.0. The molecule has 1 unspecified atom stereocenters. The third-order valence-corrected chi connectivity index (χ3v) is 3.39.